The zero-order valence-electron chi connectivity index (χ0n) is 13.7. The summed E-state index contributed by atoms with van der Waals surface area (Å²) < 4.78 is 5.21. The Morgan fingerprint density at radius 2 is 1.91 bits per heavy atom. The molecule has 1 aliphatic rings. The smallest absolute Gasteiger partial charge is 0.314 e. The van der Waals surface area contributed by atoms with Crippen molar-refractivity contribution in [3.05, 3.63) is 22.7 Å². The fourth-order valence-electron chi connectivity index (χ4n) is 2.52. The van der Waals surface area contributed by atoms with E-state index in [1.165, 1.54) is 7.11 Å². The van der Waals surface area contributed by atoms with Gasteiger partial charge in [0.25, 0.3) is 0 Å². The molecule has 0 saturated carbocycles. The number of anilines is 1. The van der Waals surface area contributed by atoms with Crippen LogP contribution in [-0.4, -0.2) is 61.4 Å². The third-order valence-electron chi connectivity index (χ3n) is 4.03. The number of carbonyl (C=O) groups is 2. The summed E-state index contributed by atoms with van der Waals surface area (Å²) in [5, 5.41) is 3.17. The molecular weight excluding hydrogens is 318 g/mol. The lowest BCUT2D eigenvalue weighted by Crippen LogP contribution is -2.51. The molecule has 0 atom stereocenters. The number of hydrogen-bond donors (Lipinski definition) is 1. The van der Waals surface area contributed by atoms with Gasteiger partial charge in [0.15, 0.2) is 0 Å². The number of halogens is 1. The molecule has 7 heteroatoms. The van der Waals surface area contributed by atoms with E-state index in [0.717, 1.165) is 25.2 Å². The normalized spacial score (nSPS) is 15.4. The minimum atomic E-state index is -0.657. The number of nitrogens with one attached hydrogen (secondary N) is 1. The number of amides is 2. The van der Waals surface area contributed by atoms with Crippen LogP contribution in [0.5, 0.6) is 5.75 Å². The zero-order chi connectivity index (χ0) is 17.0. The Bertz CT molecular complexity index is 598. The molecule has 1 saturated heterocycles. The number of likely N-dealkylation sites (N-methyl/N-ethyl adjacent to an activating group) is 1. The summed E-state index contributed by atoms with van der Waals surface area (Å²) in [7, 11) is 1.49. The maximum atomic E-state index is 12.3. The average Bonchev–Trinajstić information content (AvgIpc) is 2.57. The quantitative estimate of drug-likeness (QED) is 0.852. The first-order valence-electron chi connectivity index (χ1n) is 7.63. The highest BCUT2D eigenvalue weighted by Gasteiger charge is 2.26. The van der Waals surface area contributed by atoms with E-state index in [-0.39, 0.29) is 0 Å². The monoisotopic (exact) mass is 339 g/mol. The van der Waals surface area contributed by atoms with Crippen molar-refractivity contribution < 1.29 is 14.3 Å². The molecule has 126 valence electrons. The number of aryl methyl sites for hydroxylation is 1. The van der Waals surface area contributed by atoms with Crippen LogP contribution in [0.1, 0.15) is 12.5 Å². The molecule has 6 nitrogen and oxygen atoms in total. The van der Waals surface area contributed by atoms with Gasteiger partial charge in [0.1, 0.15) is 5.75 Å². The topological polar surface area (TPSA) is 61.9 Å². The Hall–Kier alpha value is -1.79. The van der Waals surface area contributed by atoms with Gasteiger partial charge >= 0.3 is 11.8 Å². The summed E-state index contributed by atoms with van der Waals surface area (Å²) in [4.78, 5) is 28.3. The predicted molar refractivity (Wildman–Crippen MR) is 90.1 cm³/mol. The Morgan fingerprint density at radius 1 is 1.26 bits per heavy atom. The van der Waals surface area contributed by atoms with Crippen LogP contribution >= 0.6 is 11.6 Å². The van der Waals surface area contributed by atoms with Gasteiger partial charge in [-0.3, -0.25) is 9.59 Å². The van der Waals surface area contributed by atoms with Gasteiger partial charge in [0, 0.05) is 37.3 Å². The zero-order valence-corrected chi connectivity index (χ0v) is 14.4. The molecule has 0 unspecified atom stereocenters. The first kappa shape index (κ1) is 17.6. The number of carbonyl (C=O) groups excluding carboxylic acids is 2. The van der Waals surface area contributed by atoms with Crippen LogP contribution < -0.4 is 10.1 Å². The molecule has 0 bridgehead atoms. The number of rotatable bonds is 3. The summed E-state index contributed by atoms with van der Waals surface area (Å²) in [6.45, 7) is 7.57. The Labute approximate surface area is 141 Å². The molecule has 1 aromatic rings. The van der Waals surface area contributed by atoms with Gasteiger partial charge in [0.05, 0.1) is 12.8 Å². The minimum absolute atomic E-state index is 0.428. The first-order chi connectivity index (χ1) is 11.0. The van der Waals surface area contributed by atoms with Crippen molar-refractivity contribution >= 4 is 29.1 Å². The van der Waals surface area contributed by atoms with Crippen LogP contribution in [0.4, 0.5) is 5.69 Å². The van der Waals surface area contributed by atoms with Crippen LogP contribution in [0.15, 0.2) is 12.1 Å². The lowest BCUT2D eigenvalue weighted by atomic mass is 10.2. The summed E-state index contributed by atoms with van der Waals surface area (Å²) in [6, 6.07) is 3.32. The summed E-state index contributed by atoms with van der Waals surface area (Å²) in [5.74, 6) is -0.747. The van der Waals surface area contributed by atoms with E-state index >= 15 is 0 Å². The summed E-state index contributed by atoms with van der Waals surface area (Å²) >= 11 is 6.04. The molecule has 0 radical (unpaired) electrons. The summed E-state index contributed by atoms with van der Waals surface area (Å²) in [6.07, 6.45) is 0. The maximum absolute atomic E-state index is 12.3. The molecule has 23 heavy (non-hydrogen) atoms. The van der Waals surface area contributed by atoms with Crippen molar-refractivity contribution in [3.8, 4) is 5.75 Å². The average molecular weight is 340 g/mol. The van der Waals surface area contributed by atoms with Gasteiger partial charge in [-0.2, -0.15) is 0 Å². The van der Waals surface area contributed by atoms with Gasteiger partial charge in [-0.1, -0.05) is 18.5 Å². The Morgan fingerprint density at radius 3 is 2.48 bits per heavy atom. The molecule has 1 heterocycles. The third kappa shape index (κ3) is 4.14. The number of nitrogens with zero attached hydrogens (tertiary/aromatic N) is 2. The highest BCUT2D eigenvalue weighted by Crippen LogP contribution is 2.30. The fraction of sp³-hybridized carbons (Fsp3) is 0.500. The first-order valence-corrected chi connectivity index (χ1v) is 8.00. The lowest BCUT2D eigenvalue weighted by Gasteiger charge is -2.33. The van der Waals surface area contributed by atoms with E-state index in [1.54, 1.807) is 17.0 Å². The van der Waals surface area contributed by atoms with E-state index in [4.69, 9.17) is 16.3 Å². The SMILES string of the molecule is CCN1CCN(C(=O)C(=O)Nc2cc(C)c(Cl)cc2OC)CC1. The molecular formula is C16H22ClN3O3. The minimum Gasteiger partial charge on any atom is -0.495 e. The molecule has 0 spiro atoms. The van der Waals surface area contributed by atoms with Crippen molar-refractivity contribution in [2.24, 2.45) is 0 Å². The van der Waals surface area contributed by atoms with Gasteiger partial charge in [-0.25, -0.2) is 0 Å². The molecule has 2 amide bonds. The van der Waals surface area contributed by atoms with Crippen LogP contribution in [0, 0.1) is 6.92 Å². The number of methoxy groups -OCH3 is 1. The highest BCUT2D eigenvalue weighted by molar-refractivity contribution is 6.39. The molecule has 2 rings (SSSR count). The molecule has 0 aliphatic carbocycles. The van der Waals surface area contributed by atoms with Gasteiger partial charge in [-0.05, 0) is 25.1 Å². The largest absolute Gasteiger partial charge is 0.495 e. The number of hydrogen-bond acceptors (Lipinski definition) is 4. The van der Waals surface area contributed by atoms with E-state index in [1.807, 2.05) is 6.92 Å². The molecule has 0 aromatic heterocycles. The van der Waals surface area contributed by atoms with E-state index in [2.05, 4.69) is 17.1 Å². The fourth-order valence-corrected chi connectivity index (χ4v) is 2.67. The maximum Gasteiger partial charge on any atom is 0.314 e. The number of ether oxygens (including phenoxy) is 1. The predicted octanol–water partition coefficient (Wildman–Crippen LogP) is 1.76. The van der Waals surface area contributed by atoms with Gasteiger partial charge in [0.2, 0.25) is 0 Å². The standard InChI is InChI=1S/C16H22ClN3O3/c1-4-19-5-7-20(8-6-19)16(22)15(21)18-13-9-11(2)12(17)10-14(13)23-3/h9-10H,4-8H2,1-3H3,(H,18,21). The molecule has 1 aromatic carbocycles. The van der Waals surface area contributed by atoms with Crippen molar-refractivity contribution in [3.63, 3.8) is 0 Å². The number of benzene rings is 1. The summed E-state index contributed by atoms with van der Waals surface area (Å²) in [5.41, 5.74) is 1.24. The second-order valence-corrected chi connectivity index (χ2v) is 5.89. The second kappa shape index (κ2) is 7.66. The molecule has 1 N–H and O–H groups in total. The lowest BCUT2D eigenvalue weighted by molar-refractivity contribution is -0.144. The second-order valence-electron chi connectivity index (χ2n) is 5.48. The van der Waals surface area contributed by atoms with Crippen molar-refractivity contribution in [1.29, 1.82) is 0 Å². The van der Waals surface area contributed by atoms with E-state index in [0.29, 0.717) is 29.5 Å². The Balaban J connectivity index is 2.04. The third-order valence-corrected chi connectivity index (χ3v) is 4.44. The van der Waals surface area contributed by atoms with E-state index < -0.39 is 11.8 Å². The molecule has 1 aliphatic heterocycles. The van der Waals surface area contributed by atoms with Gasteiger partial charge < -0.3 is 19.9 Å². The van der Waals surface area contributed by atoms with Crippen LogP contribution in [0.2, 0.25) is 5.02 Å². The van der Waals surface area contributed by atoms with Crippen LogP contribution in [0.3, 0.4) is 0 Å². The molecule has 1 fully saturated rings. The van der Waals surface area contributed by atoms with Crippen molar-refractivity contribution in [1.82, 2.24) is 9.80 Å². The van der Waals surface area contributed by atoms with Crippen LogP contribution in [-0.2, 0) is 9.59 Å². The highest BCUT2D eigenvalue weighted by atomic mass is 35.5. The van der Waals surface area contributed by atoms with Crippen molar-refractivity contribution in [2.75, 3.05) is 45.2 Å². The Kier molecular flexibility index (Phi) is 5.85. The van der Waals surface area contributed by atoms with E-state index in [9.17, 15) is 9.59 Å². The number of piperazine rings is 1. The van der Waals surface area contributed by atoms with Gasteiger partial charge in [-0.15, -0.1) is 0 Å². The van der Waals surface area contributed by atoms with Crippen LogP contribution in [0.25, 0.3) is 0 Å². The van der Waals surface area contributed by atoms with Crippen molar-refractivity contribution in [2.45, 2.75) is 13.8 Å².